The summed E-state index contributed by atoms with van der Waals surface area (Å²) in [7, 11) is 0. The number of oxime groups is 1. The lowest BCUT2D eigenvalue weighted by molar-refractivity contribution is -0.00211. The van der Waals surface area contributed by atoms with E-state index in [0.29, 0.717) is 11.3 Å². The van der Waals surface area contributed by atoms with E-state index in [4.69, 9.17) is 25.4 Å². The third kappa shape index (κ3) is 7.97. The minimum atomic E-state index is -0.427. The number of thiazole rings is 1. The van der Waals surface area contributed by atoms with Crippen LogP contribution in [0.3, 0.4) is 0 Å². The van der Waals surface area contributed by atoms with E-state index in [-0.39, 0.29) is 11.4 Å². The number of unbranched alkanes of at least 4 members (excludes halogenated alkanes) is 1. The first-order valence-electron chi connectivity index (χ1n) is 11.9. The Labute approximate surface area is 212 Å². The molecule has 7 nitrogen and oxygen atoms in total. The van der Waals surface area contributed by atoms with Gasteiger partial charge in [0.1, 0.15) is 11.5 Å². The number of hydrogen-bond acceptors (Lipinski definition) is 7. The van der Waals surface area contributed by atoms with Crippen molar-refractivity contribution in [1.29, 1.82) is 0 Å². The smallest absolute Gasteiger partial charge is 0.241 e. The maximum atomic E-state index is 8.84. The number of nitrogens with one attached hydrogen (secondary N) is 1. The summed E-state index contributed by atoms with van der Waals surface area (Å²) in [5.74, 6) is 1.46. The van der Waals surface area contributed by atoms with Crippen molar-refractivity contribution < 1.29 is 14.7 Å². The Morgan fingerprint density at radius 2 is 1.69 bits per heavy atom. The molecular weight excluding hydrogens is 460 g/mol. The molecule has 0 spiro atoms. The fraction of sp³-hybridized carbons (Fsp3) is 0.407. The van der Waals surface area contributed by atoms with Crippen LogP contribution in [0.15, 0.2) is 53.7 Å². The lowest BCUT2D eigenvalue weighted by atomic mass is 10.1. The largest absolute Gasteiger partial charge is 0.455 e. The molecule has 0 saturated carbocycles. The first-order valence-corrected chi connectivity index (χ1v) is 12.7. The van der Waals surface area contributed by atoms with Gasteiger partial charge in [-0.15, -0.1) is 11.3 Å². The summed E-state index contributed by atoms with van der Waals surface area (Å²) in [6.45, 7) is 11.5. The number of aromatic nitrogens is 1. The van der Waals surface area contributed by atoms with E-state index < -0.39 is 6.29 Å². The number of nitrogens with two attached hydrogens (primary N) is 1. The van der Waals surface area contributed by atoms with Crippen LogP contribution in [0.1, 0.15) is 62.4 Å². The number of ether oxygens (including phenoxy) is 2. The molecule has 0 amide bonds. The maximum Gasteiger partial charge on any atom is 0.241 e. The molecule has 3 aromatic rings. The van der Waals surface area contributed by atoms with Gasteiger partial charge in [0, 0.05) is 34.5 Å². The Morgan fingerprint density at radius 1 is 1.09 bits per heavy atom. The predicted molar refractivity (Wildman–Crippen MR) is 142 cm³/mol. The quantitative estimate of drug-likeness (QED) is 0.0978. The van der Waals surface area contributed by atoms with Crippen molar-refractivity contribution in [2.24, 2.45) is 10.9 Å². The van der Waals surface area contributed by atoms with Gasteiger partial charge < -0.3 is 25.7 Å². The number of nitrogens with zero attached hydrogens (tertiary/aromatic N) is 2. The molecule has 1 aromatic heterocycles. The van der Waals surface area contributed by atoms with Crippen LogP contribution in [0.5, 0.6) is 11.5 Å². The molecule has 0 aliphatic rings. The Morgan fingerprint density at radius 3 is 2.23 bits per heavy atom. The van der Waals surface area contributed by atoms with Crippen LogP contribution in [0, 0.1) is 6.92 Å². The normalized spacial score (nSPS) is 13.0. The Bertz CT molecular complexity index is 1100. The molecule has 35 heavy (non-hydrogen) atoms. The molecule has 0 bridgehead atoms. The van der Waals surface area contributed by atoms with Crippen LogP contribution >= 0.6 is 11.3 Å². The number of amidine groups is 1. The highest BCUT2D eigenvalue weighted by atomic mass is 32.1. The Balaban J connectivity index is 1.71. The molecule has 0 radical (unpaired) electrons. The summed E-state index contributed by atoms with van der Waals surface area (Å²) in [5, 5.41) is 16.5. The highest BCUT2D eigenvalue weighted by molar-refractivity contribution is 7.12. The number of benzene rings is 2. The Hall–Kier alpha value is -3.10. The molecule has 0 saturated heterocycles. The van der Waals surface area contributed by atoms with Crippen LogP contribution in [-0.4, -0.2) is 27.9 Å². The minimum Gasteiger partial charge on any atom is -0.455 e. The summed E-state index contributed by atoms with van der Waals surface area (Å²) >= 11 is 1.73. The summed E-state index contributed by atoms with van der Waals surface area (Å²) < 4.78 is 12.3. The molecule has 8 heteroatoms. The molecule has 3 rings (SSSR count). The second-order valence-corrected chi connectivity index (χ2v) is 10.7. The van der Waals surface area contributed by atoms with Gasteiger partial charge in [0.05, 0.1) is 10.7 Å². The molecule has 1 atom stereocenters. The van der Waals surface area contributed by atoms with E-state index in [1.54, 1.807) is 35.6 Å². The number of rotatable bonds is 11. The molecule has 1 unspecified atom stereocenters. The van der Waals surface area contributed by atoms with E-state index in [2.05, 4.69) is 38.2 Å². The van der Waals surface area contributed by atoms with E-state index >= 15 is 0 Å². The Kier molecular flexibility index (Phi) is 9.12. The number of aryl methyl sites for hydroxylation is 1. The summed E-state index contributed by atoms with van der Waals surface area (Å²) in [4.78, 5) is 6.00. The zero-order chi connectivity index (χ0) is 25.4. The van der Waals surface area contributed by atoms with Gasteiger partial charge in [-0.05, 0) is 82.6 Å². The average Bonchev–Trinajstić information content (AvgIpc) is 3.21. The van der Waals surface area contributed by atoms with Gasteiger partial charge in [0.2, 0.25) is 6.29 Å². The van der Waals surface area contributed by atoms with Gasteiger partial charge >= 0.3 is 0 Å². The predicted octanol–water partition coefficient (Wildman–Crippen LogP) is 6.08. The monoisotopic (exact) mass is 496 g/mol. The highest BCUT2D eigenvalue weighted by Crippen LogP contribution is 2.30. The minimum absolute atomic E-state index is 0.0414. The SMILES string of the molecule is CCCCC(Oc1ccc(C(N)=NO)cc1)Oc1ccc(-c2nc(C)sc2CNC(C)(C)C)cc1. The molecular formula is C27H36N4O3S. The topological polar surface area (TPSA) is 102 Å². The summed E-state index contributed by atoms with van der Waals surface area (Å²) in [5.41, 5.74) is 8.38. The van der Waals surface area contributed by atoms with Gasteiger partial charge in [0.15, 0.2) is 5.84 Å². The lowest BCUT2D eigenvalue weighted by Crippen LogP contribution is -2.34. The van der Waals surface area contributed by atoms with Crippen molar-refractivity contribution in [3.63, 3.8) is 0 Å². The van der Waals surface area contributed by atoms with Gasteiger partial charge in [0.25, 0.3) is 0 Å². The number of hydrogen-bond donors (Lipinski definition) is 3. The highest BCUT2D eigenvalue weighted by Gasteiger charge is 2.16. The van der Waals surface area contributed by atoms with Crippen molar-refractivity contribution in [1.82, 2.24) is 10.3 Å². The summed E-state index contributed by atoms with van der Waals surface area (Å²) in [6.07, 6.45) is 2.35. The fourth-order valence-corrected chi connectivity index (χ4v) is 4.33. The van der Waals surface area contributed by atoms with E-state index in [1.165, 1.54) is 4.88 Å². The first kappa shape index (κ1) is 26.5. The summed E-state index contributed by atoms with van der Waals surface area (Å²) in [6, 6.07) is 15.1. The first-order chi connectivity index (χ1) is 16.7. The van der Waals surface area contributed by atoms with E-state index in [0.717, 1.165) is 47.8 Å². The third-order valence-corrected chi connectivity index (χ3v) is 6.27. The van der Waals surface area contributed by atoms with Gasteiger partial charge in [-0.3, -0.25) is 0 Å². The average molecular weight is 497 g/mol. The van der Waals surface area contributed by atoms with Crippen LogP contribution in [0.25, 0.3) is 11.3 Å². The lowest BCUT2D eigenvalue weighted by Gasteiger charge is -2.21. The maximum absolute atomic E-state index is 8.84. The van der Waals surface area contributed by atoms with Crippen molar-refractivity contribution >= 4 is 17.2 Å². The van der Waals surface area contributed by atoms with Crippen LogP contribution in [0.4, 0.5) is 0 Å². The van der Waals surface area contributed by atoms with Crippen LogP contribution < -0.4 is 20.5 Å². The molecule has 2 aromatic carbocycles. The standard InChI is InChI=1S/C27H36N4O3S/c1-6-7-8-24(34-22-15-11-20(12-16-22)26(28)31-32)33-21-13-9-19(10-14-21)25-23(35-18(2)30-25)17-29-27(3,4)5/h9-16,24,29,32H,6-8,17H2,1-5H3,(H2,28,31). The molecule has 4 N–H and O–H groups in total. The van der Waals surface area contributed by atoms with Gasteiger partial charge in [-0.2, -0.15) is 0 Å². The van der Waals surface area contributed by atoms with Crippen LogP contribution in [-0.2, 0) is 6.54 Å². The zero-order valence-corrected chi connectivity index (χ0v) is 22.0. The second-order valence-electron chi connectivity index (χ2n) is 9.45. The van der Waals surface area contributed by atoms with E-state index in [9.17, 15) is 0 Å². The molecule has 0 aliphatic heterocycles. The second kappa shape index (κ2) is 12.0. The van der Waals surface area contributed by atoms with Crippen molar-refractivity contribution in [3.05, 3.63) is 64.0 Å². The van der Waals surface area contributed by atoms with Gasteiger partial charge in [-0.25, -0.2) is 4.98 Å². The molecule has 188 valence electrons. The third-order valence-electron chi connectivity index (χ3n) is 5.30. The zero-order valence-electron chi connectivity index (χ0n) is 21.2. The molecule has 1 heterocycles. The van der Waals surface area contributed by atoms with Crippen molar-refractivity contribution in [3.8, 4) is 22.8 Å². The fourth-order valence-electron chi connectivity index (χ4n) is 3.43. The van der Waals surface area contributed by atoms with Crippen molar-refractivity contribution in [2.45, 2.75) is 72.3 Å². The molecule has 0 fully saturated rings. The van der Waals surface area contributed by atoms with Crippen molar-refractivity contribution in [2.75, 3.05) is 0 Å². The van der Waals surface area contributed by atoms with Crippen LogP contribution in [0.2, 0.25) is 0 Å². The van der Waals surface area contributed by atoms with Gasteiger partial charge in [-0.1, -0.05) is 18.5 Å². The molecule has 0 aliphatic carbocycles. The van der Waals surface area contributed by atoms with E-state index in [1.807, 2.05) is 31.2 Å².